The van der Waals surface area contributed by atoms with Crippen molar-refractivity contribution in [1.29, 1.82) is 0 Å². The molecule has 1 aliphatic rings. The van der Waals surface area contributed by atoms with Crippen LogP contribution in [0.3, 0.4) is 0 Å². The summed E-state index contributed by atoms with van der Waals surface area (Å²) in [5.41, 5.74) is 5.62. The molecule has 0 spiro atoms. The summed E-state index contributed by atoms with van der Waals surface area (Å²) in [7, 11) is 0. The molecule has 0 amide bonds. The van der Waals surface area contributed by atoms with E-state index >= 15 is 0 Å². The predicted molar refractivity (Wildman–Crippen MR) is 63.9 cm³/mol. The molecule has 1 rings (SSSR count). The fourth-order valence-electron chi connectivity index (χ4n) is 1.98. The topological polar surface area (TPSA) is 38.5 Å². The van der Waals surface area contributed by atoms with Crippen molar-refractivity contribution in [2.45, 2.75) is 39.2 Å². The van der Waals surface area contributed by atoms with E-state index in [-0.39, 0.29) is 0 Å². The molecule has 2 N–H and O–H groups in total. The highest BCUT2D eigenvalue weighted by Gasteiger charge is 2.18. The highest BCUT2D eigenvalue weighted by molar-refractivity contribution is 4.70. The zero-order valence-corrected chi connectivity index (χ0v) is 10.2. The van der Waals surface area contributed by atoms with E-state index in [1.54, 1.807) is 0 Å². The van der Waals surface area contributed by atoms with Gasteiger partial charge in [0.25, 0.3) is 0 Å². The summed E-state index contributed by atoms with van der Waals surface area (Å²) in [6.07, 6.45) is 4.17. The van der Waals surface area contributed by atoms with Crippen LogP contribution in [0.2, 0.25) is 0 Å². The van der Waals surface area contributed by atoms with Crippen LogP contribution < -0.4 is 5.73 Å². The Labute approximate surface area is 94.0 Å². The molecular formula is C12H26N2O. The lowest BCUT2D eigenvalue weighted by Crippen LogP contribution is -2.34. The molecule has 3 heteroatoms. The smallest absolute Gasteiger partial charge is 0.0702 e. The molecule has 0 aromatic heterocycles. The van der Waals surface area contributed by atoms with E-state index < -0.39 is 0 Å². The summed E-state index contributed by atoms with van der Waals surface area (Å²) in [4.78, 5) is 2.49. The van der Waals surface area contributed by atoms with Gasteiger partial charge in [-0.05, 0) is 44.8 Å². The van der Waals surface area contributed by atoms with Gasteiger partial charge in [-0.1, -0.05) is 13.8 Å². The van der Waals surface area contributed by atoms with Crippen molar-refractivity contribution in [3.05, 3.63) is 0 Å². The van der Waals surface area contributed by atoms with Crippen LogP contribution in [0.4, 0.5) is 0 Å². The van der Waals surface area contributed by atoms with Crippen LogP contribution in [0.1, 0.15) is 33.1 Å². The molecule has 0 aromatic carbocycles. The molecule has 1 heterocycles. The van der Waals surface area contributed by atoms with Gasteiger partial charge in [-0.25, -0.2) is 0 Å². The van der Waals surface area contributed by atoms with Crippen LogP contribution in [-0.4, -0.2) is 43.8 Å². The highest BCUT2D eigenvalue weighted by Crippen LogP contribution is 2.13. The van der Waals surface area contributed by atoms with Crippen molar-refractivity contribution < 1.29 is 4.74 Å². The molecule has 1 aliphatic heterocycles. The fraction of sp³-hybridized carbons (Fsp3) is 1.00. The maximum atomic E-state index is 5.65. The molecule has 3 nitrogen and oxygen atoms in total. The largest absolute Gasteiger partial charge is 0.377 e. The number of rotatable bonds is 7. The van der Waals surface area contributed by atoms with Gasteiger partial charge in [0, 0.05) is 13.2 Å². The van der Waals surface area contributed by atoms with Gasteiger partial charge in [0.05, 0.1) is 6.10 Å². The van der Waals surface area contributed by atoms with Crippen LogP contribution >= 0.6 is 0 Å². The van der Waals surface area contributed by atoms with Gasteiger partial charge in [0.2, 0.25) is 0 Å². The lowest BCUT2D eigenvalue weighted by atomic mass is 10.1. The average Bonchev–Trinajstić information content (AvgIpc) is 2.76. The van der Waals surface area contributed by atoms with E-state index in [0.29, 0.717) is 12.0 Å². The Balaban J connectivity index is 2.16. The molecule has 0 radical (unpaired) electrons. The first-order chi connectivity index (χ1) is 7.26. The molecule has 1 fully saturated rings. The summed E-state index contributed by atoms with van der Waals surface area (Å²) >= 11 is 0. The SMILES string of the molecule is CCN(CCC(C)CN)CC1CCCO1. The third-order valence-corrected chi connectivity index (χ3v) is 3.27. The number of nitrogens with two attached hydrogens (primary N) is 1. The Morgan fingerprint density at radius 2 is 2.33 bits per heavy atom. The third-order valence-electron chi connectivity index (χ3n) is 3.27. The minimum atomic E-state index is 0.484. The Kier molecular flexibility index (Phi) is 6.22. The van der Waals surface area contributed by atoms with Crippen molar-refractivity contribution in [3.8, 4) is 0 Å². The lowest BCUT2D eigenvalue weighted by Gasteiger charge is -2.24. The molecular weight excluding hydrogens is 188 g/mol. The maximum Gasteiger partial charge on any atom is 0.0702 e. The molecule has 1 saturated heterocycles. The minimum absolute atomic E-state index is 0.484. The second kappa shape index (κ2) is 7.20. The number of hydrogen-bond donors (Lipinski definition) is 1. The van der Waals surface area contributed by atoms with Crippen LogP contribution in [-0.2, 0) is 4.74 Å². The van der Waals surface area contributed by atoms with Crippen LogP contribution in [0.5, 0.6) is 0 Å². The summed E-state index contributed by atoms with van der Waals surface area (Å²) in [6, 6.07) is 0. The van der Waals surface area contributed by atoms with Gasteiger partial charge in [0.15, 0.2) is 0 Å². The summed E-state index contributed by atoms with van der Waals surface area (Å²) in [5.74, 6) is 0.642. The van der Waals surface area contributed by atoms with Gasteiger partial charge < -0.3 is 15.4 Å². The first kappa shape index (κ1) is 12.9. The van der Waals surface area contributed by atoms with E-state index in [9.17, 15) is 0 Å². The molecule has 0 saturated carbocycles. The monoisotopic (exact) mass is 214 g/mol. The standard InChI is InChI=1S/C12H26N2O/c1-3-14(7-6-11(2)9-13)10-12-5-4-8-15-12/h11-12H,3-10,13H2,1-2H3. The number of hydrogen-bond acceptors (Lipinski definition) is 3. The predicted octanol–water partition coefficient (Wildman–Crippen LogP) is 1.47. The van der Waals surface area contributed by atoms with Crippen LogP contribution in [0, 0.1) is 5.92 Å². The Morgan fingerprint density at radius 3 is 2.87 bits per heavy atom. The van der Waals surface area contributed by atoms with Gasteiger partial charge in [-0.3, -0.25) is 0 Å². The first-order valence-electron chi connectivity index (χ1n) is 6.30. The van der Waals surface area contributed by atoms with Gasteiger partial charge >= 0.3 is 0 Å². The molecule has 0 bridgehead atoms. The Hall–Kier alpha value is -0.120. The van der Waals surface area contributed by atoms with Crippen molar-refractivity contribution >= 4 is 0 Å². The van der Waals surface area contributed by atoms with Crippen molar-refractivity contribution in [1.82, 2.24) is 4.90 Å². The van der Waals surface area contributed by atoms with E-state index in [1.807, 2.05) is 0 Å². The van der Waals surface area contributed by atoms with E-state index in [0.717, 1.165) is 32.8 Å². The van der Waals surface area contributed by atoms with E-state index in [4.69, 9.17) is 10.5 Å². The number of ether oxygens (including phenoxy) is 1. The quantitative estimate of drug-likeness (QED) is 0.697. The Bertz CT molecular complexity index is 158. The second-order valence-corrected chi connectivity index (χ2v) is 4.66. The van der Waals surface area contributed by atoms with Gasteiger partial charge in [-0.2, -0.15) is 0 Å². The molecule has 90 valence electrons. The number of nitrogens with zero attached hydrogens (tertiary/aromatic N) is 1. The van der Waals surface area contributed by atoms with Crippen molar-refractivity contribution in [2.24, 2.45) is 11.7 Å². The zero-order valence-electron chi connectivity index (χ0n) is 10.2. The molecule has 0 aromatic rings. The molecule has 2 unspecified atom stereocenters. The van der Waals surface area contributed by atoms with Crippen LogP contribution in [0.25, 0.3) is 0 Å². The normalized spacial score (nSPS) is 23.6. The second-order valence-electron chi connectivity index (χ2n) is 4.66. The van der Waals surface area contributed by atoms with Gasteiger partial charge in [0.1, 0.15) is 0 Å². The highest BCUT2D eigenvalue weighted by atomic mass is 16.5. The zero-order chi connectivity index (χ0) is 11.1. The fourth-order valence-corrected chi connectivity index (χ4v) is 1.98. The summed E-state index contributed by atoms with van der Waals surface area (Å²) in [5, 5.41) is 0. The molecule has 15 heavy (non-hydrogen) atoms. The van der Waals surface area contributed by atoms with Crippen molar-refractivity contribution in [3.63, 3.8) is 0 Å². The first-order valence-corrected chi connectivity index (χ1v) is 6.30. The van der Waals surface area contributed by atoms with Gasteiger partial charge in [-0.15, -0.1) is 0 Å². The van der Waals surface area contributed by atoms with Crippen LogP contribution in [0.15, 0.2) is 0 Å². The molecule has 2 atom stereocenters. The minimum Gasteiger partial charge on any atom is -0.377 e. The lowest BCUT2D eigenvalue weighted by molar-refractivity contribution is 0.0732. The van der Waals surface area contributed by atoms with Crippen molar-refractivity contribution in [2.75, 3.05) is 32.8 Å². The summed E-state index contributed by atoms with van der Waals surface area (Å²) in [6.45, 7) is 9.60. The van der Waals surface area contributed by atoms with E-state index in [1.165, 1.54) is 19.3 Å². The maximum absolute atomic E-state index is 5.65. The average molecular weight is 214 g/mol. The van der Waals surface area contributed by atoms with E-state index in [2.05, 4.69) is 18.7 Å². The molecule has 0 aliphatic carbocycles. The summed E-state index contributed by atoms with van der Waals surface area (Å²) < 4.78 is 5.65. The number of likely N-dealkylation sites (N-methyl/N-ethyl adjacent to an activating group) is 1. The third kappa shape index (κ3) is 4.96. The Morgan fingerprint density at radius 1 is 1.53 bits per heavy atom.